The third-order valence-corrected chi connectivity index (χ3v) is 1.39. The van der Waals surface area contributed by atoms with Gasteiger partial charge in [-0.3, -0.25) is 4.79 Å². The van der Waals surface area contributed by atoms with Crippen molar-refractivity contribution in [1.29, 1.82) is 0 Å². The first-order valence-corrected chi connectivity index (χ1v) is 3.66. The molecule has 1 aromatic rings. The molecule has 1 aromatic heterocycles. The van der Waals surface area contributed by atoms with Gasteiger partial charge in [-0.25, -0.2) is 4.79 Å². The third-order valence-electron chi connectivity index (χ3n) is 1.39. The normalized spacial score (nSPS) is 12.1. The van der Waals surface area contributed by atoms with Gasteiger partial charge in [-0.15, -0.1) is 0 Å². The molecule has 8 nitrogen and oxygen atoms in total. The monoisotopic (exact) mass is 200 g/mol. The van der Waals surface area contributed by atoms with Gasteiger partial charge in [0.1, 0.15) is 0 Å². The number of carboxylic acid groups (broad SMARTS) is 1. The second-order valence-electron chi connectivity index (χ2n) is 2.42. The van der Waals surface area contributed by atoms with Gasteiger partial charge in [0.05, 0.1) is 12.7 Å². The molecular weight excluding hydrogens is 192 g/mol. The van der Waals surface area contributed by atoms with Crippen LogP contribution in [0.5, 0.6) is 0 Å². The summed E-state index contributed by atoms with van der Waals surface area (Å²) in [6.07, 6.45) is -0.437. The number of carbonyl (C=O) groups excluding carboxylic acids is 1. The summed E-state index contributed by atoms with van der Waals surface area (Å²) in [4.78, 5) is 21.3. The van der Waals surface area contributed by atoms with E-state index in [4.69, 9.17) is 10.2 Å². The lowest BCUT2D eigenvalue weighted by Crippen LogP contribution is -2.36. The maximum atomic E-state index is 11.1. The molecule has 0 aliphatic heterocycles. The molecule has 0 saturated heterocycles. The summed E-state index contributed by atoms with van der Waals surface area (Å²) in [5.74, 6) is -2.00. The van der Waals surface area contributed by atoms with Gasteiger partial charge < -0.3 is 15.5 Å². The topological polar surface area (TPSA) is 128 Å². The van der Waals surface area contributed by atoms with Crippen molar-refractivity contribution in [2.45, 2.75) is 6.10 Å². The van der Waals surface area contributed by atoms with Crippen molar-refractivity contribution < 1.29 is 19.8 Å². The van der Waals surface area contributed by atoms with E-state index in [1.54, 1.807) is 0 Å². The Morgan fingerprint density at radius 1 is 1.64 bits per heavy atom. The van der Waals surface area contributed by atoms with Crippen LogP contribution in [0.25, 0.3) is 0 Å². The van der Waals surface area contributed by atoms with E-state index in [0.717, 1.165) is 0 Å². The number of hydrogen-bond acceptors (Lipinski definition) is 5. The van der Waals surface area contributed by atoms with Crippen LogP contribution in [0.4, 0.5) is 0 Å². The zero-order valence-electron chi connectivity index (χ0n) is 6.97. The number of aliphatic carboxylic acids is 1. The van der Waals surface area contributed by atoms with Crippen molar-refractivity contribution in [3.63, 3.8) is 0 Å². The molecule has 76 valence electrons. The molecule has 0 radical (unpaired) electrons. The van der Waals surface area contributed by atoms with Crippen LogP contribution in [-0.4, -0.2) is 50.1 Å². The van der Waals surface area contributed by atoms with Crippen molar-refractivity contribution in [2.75, 3.05) is 6.54 Å². The molecule has 1 rings (SSSR count). The van der Waals surface area contributed by atoms with Gasteiger partial charge in [0.15, 0.2) is 11.8 Å². The average molecular weight is 200 g/mol. The number of amides is 1. The van der Waals surface area contributed by atoms with Crippen molar-refractivity contribution in [1.82, 2.24) is 20.7 Å². The minimum absolute atomic E-state index is 0.0302. The highest BCUT2D eigenvalue weighted by molar-refractivity contribution is 5.92. The molecule has 0 saturated carbocycles. The van der Waals surface area contributed by atoms with E-state index in [1.807, 2.05) is 0 Å². The zero-order chi connectivity index (χ0) is 10.6. The Kier molecular flexibility index (Phi) is 3.13. The molecule has 0 aliphatic carbocycles. The Balaban J connectivity index is 2.40. The molecule has 0 aromatic carbocycles. The van der Waals surface area contributed by atoms with Crippen molar-refractivity contribution in [2.24, 2.45) is 0 Å². The first kappa shape index (κ1) is 10.1. The molecule has 1 atom stereocenters. The number of aliphatic hydroxyl groups excluding tert-OH is 1. The number of rotatable bonds is 4. The molecule has 0 spiro atoms. The van der Waals surface area contributed by atoms with Gasteiger partial charge in [-0.1, -0.05) is 0 Å². The molecule has 14 heavy (non-hydrogen) atoms. The van der Waals surface area contributed by atoms with E-state index in [2.05, 4.69) is 20.7 Å². The molecule has 8 heteroatoms. The van der Waals surface area contributed by atoms with Crippen LogP contribution in [0, 0.1) is 0 Å². The fourth-order valence-electron chi connectivity index (χ4n) is 0.678. The number of nitrogens with one attached hydrogen (secondary N) is 2. The fourth-order valence-corrected chi connectivity index (χ4v) is 0.678. The predicted octanol–water partition coefficient (Wildman–Crippen LogP) is -2.02. The predicted molar refractivity (Wildman–Crippen MR) is 42.4 cm³/mol. The van der Waals surface area contributed by atoms with Crippen LogP contribution < -0.4 is 5.32 Å². The number of nitrogens with zero attached hydrogens (tertiary/aromatic N) is 2. The Morgan fingerprint density at radius 3 is 2.86 bits per heavy atom. The average Bonchev–Trinajstić information content (AvgIpc) is 2.66. The summed E-state index contributed by atoms with van der Waals surface area (Å²) in [7, 11) is 0. The van der Waals surface area contributed by atoms with Crippen LogP contribution >= 0.6 is 0 Å². The van der Waals surface area contributed by atoms with Gasteiger partial charge in [0, 0.05) is 0 Å². The van der Waals surface area contributed by atoms with Gasteiger partial charge in [-0.2, -0.15) is 15.4 Å². The number of aliphatic hydroxyl groups is 1. The molecule has 4 N–H and O–H groups in total. The maximum Gasteiger partial charge on any atom is 0.334 e. The highest BCUT2D eigenvalue weighted by atomic mass is 16.4. The molecule has 1 heterocycles. The Labute approximate surface area is 77.9 Å². The highest BCUT2D eigenvalue weighted by Gasteiger charge is 2.15. The van der Waals surface area contributed by atoms with Gasteiger partial charge in [0.25, 0.3) is 5.91 Å². The zero-order valence-corrected chi connectivity index (χ0v) is 6.97. The minimum atomic E-state index is -1.62. The van der Waals surface area contributed by atoms with Crippen LogP contribution in [0.1, 0.15) is 10.5 Å². The largest absolute Gasteiger partial charge is 0.479 e. The van der Waals surface area contributed by atoms with E-state index >= 15 is 0 Å². The lowest BCUT2D eigenvalue weighted by atomic mass is 10.3. The number of aromatic amines is 1. The number of hydrogen-bond donors (Lipinski definition) is 4. The summed E-state index contributed by atoms with van der Waals surface area (Å²) in [6, 6.07) is 0. The molecule has 0 aliphatic rings. The second kappa shape index (κ2) is 4.33. The first-order valence-electron chi connectivity index (χ1n) is 3.66. The quantitative estimate of drug-likeness (QED) is 0.444. The fraction of sp³-hybridized carbons (Fsp3) is 0.333. The maximum absolute atomic E-state index is 11.1. The van der Waals surface area contributed by atoms with E-state index < -0.39 is 18.0 Å². The van der Waals surface area contributed by atoms with Gasteiger partial charge in [0.2, 0.25) is 0 Å². The number of carboxylic acids is 1. The van der Waals surface area contributed by atoms with Crippen LogP contribution in [0.3, 0.4) is 0 Å². The highest BCUT2D eigenvalue weighted by Crippen LogP contribution is 1.88. The smallest absolute Gasteiger partial charge is 0.334 e. The summed E-state index contributed by atoms with van der Waals surface area (Å²) in [6.45, 7) is -0.374. The van der Waals surface area contributed by atoms with Crippen LogP contribution in [-0.2, 0) is 4.79 Å². The molecule has 0 bridgehead atoms. The van der Waals surface area contributed by atoms with E-state index in [1.165, 1.54) is 6.20 Å². The SMILES string of the molecule is O=C(NCC(O)C(=O)O)c1cn[nH]n1. The van der Waals surface area contributed by atoms with Crippen molar-refractivity contribution in [3.8, 4) is 0 Å². The lowest BCUT2D eigenvalue weighted by Gasteiger charge is -2.05. The molecule has 0 fully saturated rings. The Hall–Kier alpha value is -1.96. The summed E-state index contributed by atoms with van der Waals surface area (Å²) in [5.41, 5.74) is 0.0302. The molecule has 1 amide bonds. The first-order chi connectivity index (χ1) is 6.61. The summed E-state index contributed by atoms with van der Waals surface area (Å²) >= 11 is 0. The van der Waals surface area contributed by atoms with Crippen LogP contribution in [0.15, 0.2) is 6.20 Å². The molecular formula is C6H8N4O4. The van der Waals surface area contributed by atoms with Gasteiger partial charge in [-0.05, 0) is 0 Å². The standard InChI is InChI=1S/C6H8N4O4/c11-4(6(13)14)2-7-5(12)3-1-8-10-9-3/h1,4,11H,2H2,(H,7,12)(H,13,14)(H,8,9,10). The summed E-state index contributed by atoms with van der Waals surface area (Å²) in [5, 5.41) is 28.4. The third kappa shape index (κ3) is 2.52. The van der Waals surface area contributed by atoms with Crippen molar-refractivity contribution >= 4 is 11.9 Å². The number of aromatic nitrogens is 3. The summed E-state index contributed by atoms with van der Waals surface area (Å²) < 4.78 is 0. The number of carbonyl (C=O) groups is 2. The Bertz CT molecular complexity index is 323. The van der Waals surface area contributed by atoms with Crippen LogP contribution in [0.2, 0.25) is 0 Å². The van der Waals surface area contributed by atoms with Gasteiger partial charge >= 0.3 is 5.97 Å². The molecule has 1 unspecified atom stereocenters. The van der Waals surface area contributed by atoms with Crippen molar-refractivity contribution in [3.05, 3.63) is 11.9 Å². The number of H-pyrrole nitrogens is 1. The Morgan fingerprint density at radius 2 is 2.36 bits per heavy atom. The van der Waals surface area contributed by atoms with E-state index in [9.17, 15) is 9.59 Å². The lowest BCUT2D eigenvalue weighted by molar-refractivity contribution is -0.146. The van der Waals surface area contributed by atoms with E-state index in [0.29, 0.717) is 0 Å². The minimum Gasteiger partial charge on any atom is -0.479 e. The van der Waals surface area contributed by atoms with E-state index in [-0.39, 0.29) is 12.2 Å². The second-order valence-corrected chi connectivity index (χ2v) is 2.42.